The summed E-state index contributed by atoms with van der Waals surface area (Å²) >= 11 is 0. The van der Waals surface area contributed by atoms with Gasteiger partial charge >= 0.3 is 5.97 Å². The number of hydrogen-bond acceptors (Lipinski definition) is 6. The van der Waals surface area contributed by atoms with E-state index < -0.39 is 18.6 Å². The monoisotopic (exact) mass is 472 g/mol. The molecule has 1 unspecified atom stereocenters. The van der Waals surface area contributed by atoms with Crippen molar-refractivity contribution in [1.82, 2.24) is 4.57 Å². The standard InChI is InChI=1S/C26H24N4O5/c1-16-23(25(28-33)26(27)29-34)24-20(8-5-9-21(24)35-15-22(31)32)30(16)14-17-10-12-19(13-11-17)18-6-3-2-4-7-18/h2-13,25,34H,14-15H2,1H3,(H2,27,29)(H,31,32). The number of aromatic nitrogens is 1. The number of carboxylic acids is 1. The first-order valence-corrected chi connectivity index (χ1v) is 10.8. The van der Waals surface area contributed by atoms with Crippen LogP contribution in [0.4, 0.5) is 0 Å². The largest absolute Gasteiger partial charge is 0.481 e. The summed E-state index contributed by atoms with van der Waals surface area (Å²) in [6.45, 7) is 1.70. The molecule has 1 heterocycles. The molecule has 0 amide bonds. The zero-order valence-electron chi connectivity index (χ0n) is 19.0. The van der Waals surface area contributed by atoms with E-state index in [4.69, 9.17) is 15.6 Å². The average Bonchev–Trinajstić information content (AvgIpc) is 3.15. The number of ether oxygens (including phenoxy) is 1. The van der Waals surface area contributed by atoms with Crippen LogP contribution >= 0.6 is 0 Å². The fraction of sp³-hybridized carbons (Fsp3) is 0.154. The van der Waals surface area contributed by atoms with Gasteiger partial charge in [-0.1, -0.05) is 71.0 Å². The van der Waals surface area contributed by atoms with Gasteiger partial charge in [-0.15, -0.1) is 4.91 Å². The van der Waals surface area contributed by atoms with Gasteiger partial charge in [-0.25, -0.2) is 4.79 Å². The molecule has 3 aromatic carbocycles. The Morgan fingerprint density at radius 1 is 1.03 bits per heavy atom. The second kappa shape index (κ2) is 10.1. The fourth-order valence-corrected chi connectivity index (χ4v) is 4.25. The van der Waals surface area contributed by atoms with Gasteiger partial charge in [0, 0.05) is 23.2 Å². The van der Waals surface area contributed by atoms with Crippen molar-refractivity contribution in [2.24, 2.45) is 16.1 Å². The lowest BCUT2D eigenvalue weighted by molar-refractivity contribution is -0.139. The molecule has 4 N–H and O–H groups in total. The highest BCUT2D eigenvalue weighted by Gasteiger charge is 2.28. The van der Waals surface area contributed by atoms with E-state index in [0.29, 0.717) is 28.7 Å². The first-order valence-electron chi connectivity index (χ1n) is 10.8. The number of nitrogens with two attached hydrogens (primary N) is 1. The van der Waals surface area contributed by atoms with Crippen molar-refractivity contribution in [2.45, 2.75) is 19.5 Å². The molecule has 0 spiro atoms. The molecule has 9 nitrogen and oxygen atoms in total. The lowest BCUT2D eigenvalue weighted by atomic mass is 10.0. The molecule has 4 rings (SSSR count). The van der Waals surface area contributed by atoms with E-state index in [9.17, 15) is 14.9 Å². The Hall–Kier alpha value is -4.66. The molecule has 178 valence electrons. The number of carboxylic acid groups (broad SMARTS) is 1. The Morgan fingerprint density at radius 2 is 1.71 bits per heavy atom. The summed E-state index contributed by atoms with van der Waals surface area (Å²) in [7, 11) is 0. The maximum Gasteiger partial charge on any atom is 0.341 e. The molecular formula is C26H24N4O5. The van der Waals surface area contributed by atoms with E-state index >= 15 is 0 Å². The van der Waals surface area contributed by atoms with Crippen molar-refractivity contribution in [3.05, 3.63) is 94.5 Å². The van der Waals surface area contributed by atoms with Crippen LogP contribution in [0, 0.1) is 11.8 Å². The molecule has 0 saturated carbocycles. The van der Waals surface area contributed by atoms with Gasteiger partial charge in [0.25, 0.3) is 0 Å². The van der Waals surface area contributed by atoms with Gasteiger partial charge in [0.05, 0.1) is 5.52 Å². The topological polar surface area (TPSA) is 140 Å². The predicted molar refractivity (Wildman–Crippen MR) is 133 cm³/mol. The Morgan fingerprint density at radius 3 is 2.34 bits per heavy atom. The van der Waals surface area contributed by atoms with Crippen molar-refractivity contribution >= 4 is 22.7 Å². The lowest BCUT2D eigenvalue weighted by Gasteiger charge is -2.12. The number of benzene rings is 3. The van der Waals surface area contributed by atoms with Crippen LogP contribution in [-0.2, 0) is 11.3 Å². The number of rotatable bonds is 9. The molecule has 1 atom stereocenters. The highest BCUT2D eigenvalue weighted by atomic mass is 16.5. The summed E-state index contributed by atoms with van der Waals surface area (Å²) in [6.07, 6.45) is 0. The van der Waals surface area contributed by atoms with Crippen molar-refractivity contribution in [3.63, 3.8) is 0 Å². The number of hydrogen-bond donors (Lipinski definition) is 3. The van der Waals surface area contributed by atoms with Gasteiger partial charge in [-0.3, -0.25) is 0 Å². The maximum atomic E-state index is 11.8. The highest BCUT2D eigenvalue weighted by molar-refractivity contribution is 5.98. The number of fused-ring (bicyclic) bond motifs is 1. The Balaban J connectivity index is 1.82. The van der Waals surface area contributed by atoms with E-state index in [1.807, 2.05) is 65.2 Å². The van der Waals surface area contributed by atoms with Gasteiger partial charge < -0.3 is 25.4 Å². The van der Waals surface area contributed by atoms with Gasteiger partial charge in [-0.2, -0.15) is 0 Å². The second-order valence-electron chi connectivity index (χ2n) is 8.01. The van der Waals surface area contributed by atoms with Crippen molar-refractivity contribution in [2.75, 3.05) is 6.61 Å². The summed E-state index contributed by atoms with van der Waals surface area (Å²) in [5, 5.41) is 24.9. The highest BCUT2D eigenvalue weighted by Crippen LogP contribution is 2.39. The minimum Gasteiger partial charge on any atom is -0.481 e. The lowest BCUT2D eigenvalue weighted by Crippen LogP contribution is -2.21. The minimum absolute atomic E-state index is 0.264. The van der Waals surface area contributed by atoms with Crippen molar-refractivity contribution in [1.29, 1.82) is 0 Å². The van der Waals surface area contributed by atoms with Gasteiger partial charge in [-0.05, 0) is 35.7 Å². The SMILES string of the molecule is Cc1c(C(N=O)C(N)=NO)c2c(OCC(=O)O)cccc2n1Cc1ccc(-c2ccccc2)cc1. The van der Waals surface area contributed by atoms with Crippen LogP contribution in [0.3, 0.4) is 0 Å². The zero-order chi connectivity index (χ0) is 24.9. The number of carbonyl (C=O) groups is 1. The molecule has 0 radical (unpaired) electrons. The molecule has 4 aromatic rings. The van der Waals surface area contributed by atoms with Crippen LogP contribution in [0.25, 0.3) is 22.0 Å². The number of nitroso groups, excluding NO2 is 1. The summed E-state index contributed by atoms with van der Waals surface area (Å²) < 4.78 is 7.48. The maximum absolute atomic E-state index is 11.8. The summed E-state index contributed by atoms with van der Waals surface area (Å²) in [4.78, 5) is 22.9. The zero-order valence-corrected chi connectivity index (χ0v) is 19.0. The molecular weight excluding hydrogens is 448 g/mol. The molecule has 0 aliphatic rings. The predicted octanol–water partition coefficient (Wildman–Crippen LogP) is 4.68. The van der Waals surface area contributed by atoms with E-state index in [-0.39, 0.29) is 11.6 Å². The van der Waals surface area contributed by atoms with Gasteiger partial charge in [0.1, 0.15) is 5.75 Å². The summed E-state index contributed by atoms with van der Waals surface area (Å²) in [5.74, 6) is -1.25. The first kappa shape index (κ1) is 23.5. The number of oxime groups is 1. The van der Waals surface area contributed by atoms with Crippen LogP contribution in [0.5, 0.6) is 5.75 Å². The Labute approximate surface area is 201 Å². The van der Waals surface area contributed by atoms with E-state index in [0.717, 1.165) is 16.7 Å². The molecule has 35 heavy (non-hydrogen) atoms. The molecule has 0 fully saturated rings. The fourth-order valence-electron chi connectivity index (χ4n) is 4.25. The number of amidine groups is 1. The Kier molecular flexibility index (Phi) is 6.77. The van der Waals surface area contributed by atoms with Gasteiger partial charge in [0.15, 0.2) is 18.5 Å². The molecule has 0 aliphatic carbocycles. The Bertz CT molecular complexity index is 1400. The number of aliphatic carboxylic acids is 1. The van der Waals surface area contributed by atoms with E-state index in [2.05, 4.69) is 10.3 Å². The minimum atomic E-state index is -1.28. The van der Waals surface area contributed by atoms with Gasteiger partial charge in [0.2, 0.25) is 0 Å². The third-order valence-electron chi connectivity index (χ3n) is 5.89. The van der Waals surface area contributed by atoms with Crippen molar-refractivity contribution in [3.8, 4) is 16.9 Å². The summed E-state index contributed by atoms with van der Waals surface area (Å²) in [5.41, 5.74) is 10.8. The van der Waals surface area contributed by atoms with Crippen LogP contribution in [0.2, 0.25) is 0 Å². The smallest absolute Gasteiger partial charge is 0.341 e. The normalized spacial score (nSPS) is 12.4. The molecule has 9 heteroatoms. The van der Waals surface area contributed by atoms with Crippen LogP contribution in [0.15, 0.2) is 83.1 Å². The number of nitrogens with zero attached hydrogens (tertiary/aromatic N) is 3. The molecule has 0 saturated heterocycles. The van der Waals surface area contributed by atoms with Crippen LogP contribution in [0.1, 0.15) is 22.9 Å². The van der Waals surface area contributed by atoms with Crippen LogP contribution in [-0.4, -0.2) is 33.3 Å². The molecule has 0 aliphatic heterocycles. The first-order chi connectivity index (χ1) is 16.9. The third kappa shape index (κ3) is 4.70. The van der Waals surface area contributed by atoms with E-state index in [1.54, 1.807) is 19.1 Å². The quantitative estimate of drug-likeness (QED) is 0.106. The molecule has 1 aromatic heterocycles. The van der Waals surface area contributed by atoms with E-state index in [1.165, 1.54) is 0 Å². The summed E-state index contributed by atoms with van der Waals surface area (Å²) in [6, 6.07) is 22.1. The third-order valence-corrected chi connectivity index (χ3v) is 5.89. The van der Waals surface area contributed by atoms with Crippen molar-refractivity contribution < 1.29 is 19.8 Å². The van der Waals surface area contributed by atoms with Crippen LogP contribution < -0.4 is 10.5 Å². The average molecular weight is 473 g/mol. The second-order valence-corrected chi connectivity index (χ2v) is 8.01. The molecule has 0 bridgehead atoms.